The van der Waals surface area contributed by atoms with E-state index in [1.807, 2.05) is 0 Å². The number of fused-ring (bicyclic) bond motifs is 2. The minimum absolute atomic E-state index is 0.418. The zero-order valence-corrected chi connectivity index (χ0v) is 25.8. The Morgan fingerprint density at radius 2 is 1.13 bits per heavy atom. The van der Waals surface area contributed by atoms with Crippen LogP contribution in [0.15, 0.2) is 181 Å². The van der Waals surface area contributed by atoms with Gasteiger partial charge in [-0.15, -0.1) is 0 Å². The van der Waals surface area contributed by atoms with Crippen molar-refractivity contribution < 1.29 is 0 Å². The average Bonchev–Trinajstić information content (AvgIpc) is 3.14. The topological polar surface area (TPSA) is 6.48 Å². The lowest BCUT2D eigenvalue weighted by atomic mass is 9.86. The van der Waals surface area contributed by atoms with E-state index < -0.39 is 0 Å². The summed E-state index contributed by atoms with van der Waals surface area (Å²) in [4.78, 5) is 4.77. The first-order valence-corrected chi connectivity index (χ1v) is 16.3. The van der Waals surface area contributed by atoms with E-state index in [0.717, 1.165) is 42.0 Å². The molecule has 222 valence electrons. The van der Waals surface area contributed by atoms with Crippen LogP contribution in [-0.4, -0.2) is 0 Å². The molecule has 0 bridgehead atoms. The van der Waals surface area contributed by atoms with Gasteiger partial charge in [0.2, 0.25) is 0 Å². The minimum Gasteiger partial charge on any atom is -0.310 e. The van der Waals surface area contributed by atoms with E-state index in [-0.39, 0.29) is 0 Å². The number of aryl methyl sites for hydroxylation is 1. The van der Waals surface area contributed by atoms with Crippen molar-refractivity contribution in [3.63, 3.8) is 0 Å². The van der Waals surface area contributed by atoms with Crippen molar-refractivity contribution in [2.75, 3.05) is 9.80 Å². The van der Waals surface area contributed by atoms with Crippen LogP contribution in [0.25, 0.3) is 17.2 Å². The molecule has 0 saturated carbocycles. The summed E-state index contributed by atoms with van der Waals surface area (Å²) in [7, 11) is 0. The van der Waals surface area contributed by atoms with Crippen LogP contribution in [0.2, 0.25) is 0 Å². The van der Waals surface area contributed by atoms with Crippen molar-refractivity contribution in [1.82, 2.24) is 0 Å². The van der Waals surface area contributed by atoms with E-state index in [1.54, 1.807) is 0 Å². The fraction of sp³-hybridized carbons (Fsp3) is 0.0909. The molecule has 1 atom stereocenters. The van der Waals surface area contributed by atoms with Crippen molar-refractivity contribution in [1.29, 1.82) is 0 Å². The lowest BCUT2D eigenvalue weighted by Crippen LogP contribution is -2.21. The third-order valence-corrected chi connectivity index (χ3v) is 9.22. The van der Waals surface area contributed by atoms with Gasteiger partial charge in [-0.2, -0.15) is 0 Å². The van der Waals surface area contributed by atoms with Crippen LogP contribution in [0.4, 0.5) is 28.4 Å². The second kappa shape index (κ2) is 12.4. The molecule has 5 aromatic carbocycles. The molecule has 0 heterocycles. The van der Waals surface area contributed by atoms with Crippen molar-refractivity contribution in [2.45, 2.75) is 19.3 Å². The van der Waals surface area contributed by atoms with Gasteiger partial charge in [0, 0.05) is 39.9 Å². The maximum Gasteiger partial charge on any atom is 0.0536 e. The molecule has 2 nitrogen and oxygen atoms in total. The predicted molar refractivity (Wildman–Crippen MR) is 195 cm³/mol. The summed E-state index contributed by atoms with van der Waals surface area (Å²) in [5, 5.41) is 0. The lowest BCUT2D eigenvalue weighted by molar-refractivity contribution is 0.763. The Hall–Kier alpha value is -5.60. The molecule has 0 amide bonds. The van der Waals surface area contributed by atoms with Gasteiger partial charge in [-0.3, -0.25) is 0 Å². The second-order valence-electron chi connectivity index (χ2n) is 12.1. The monoisotopic (exact) mass is 592 g/mol. The van der Waals surface area contributed by atoms with Gasteiger partial charge in [0.25, 0.3) is 0 Å². The molecular formula is C44H36N2. The maximum absolute atomic E-state index is 2.39. The van der Waals surface area contributed by atoms with Crippen LogP contribution in [-0.2, 0) is 6.42 Å². The quantitative estimate of drug-likeness (QED) is 0.185. The molecule has 3 aliphatic rings. The van der Waals surface area contributed by atoms with Crippen LogP contribution in [0.1, 0.15) is 24.0 Å². The minimum atomic E-state index is 0.418. The summed E-state index contributed by atoms with van der Waals surface area (Å²) in [6, 6.07) is 46.1. The Balaban J connectivity index is 1.14. The SMILES string of the molecule is C1=CC2=C(N(c3ccccc3)c3ccc(-c4ccc(N(c5ccccc5)c5cccc6c5C=CCC6)cc4)cc3)C=CCC2C=C1. The molecule has 0 N–H and O–H groups in total. The summed E-state index contributed by atoms with van der Waals surface area (Å²) in [6.07, 6.45) is 21.3. The van der Waals surface area contributed by atoms with Crippen molar-refractivity contribution >= 4 is 34.5 Å². The Morgan fingerprint density at radius 1 is 0.500 bits per heavy atom. The first-order chi connectivity index (χ1) is 22.8. The highest BCUT2D eigenvalue weighted by atomic mass is 15.2. The molecule has 0 aliphatic heterocycles. The molecule has 46 heavy (non-hydrogen) atoms. The zero-order valence-electron chi connectivity index (χ0n) is 25.8. The summed E-state index contributed by atoms with van der Waals surface area (Å²) in [5.74, 6) is 0.418. The fourth-order valence-corrected chi connectivity index (χ4v) is 6.95. The number of para-hydroxylation sites is 2. The Morgan fingerprint density at radius 3 is 1.83 bits per heavy atom. The molecule has 2 heteroatoms. The molecule has 0 spiro atoms. The van der Waals surface area contributed by atoms with Gasteiger partial charge in [0.05, 0.1) is 5.69 Å². The van der Waals surface area contributed by atoms with Gasteiger partial charge < -0.3 is 9.80 Å². The van der Waals surface area contributed by atoms with Crippen LogP contribution in [0, 0.1) is 5.92 Å². The third kappa shape index (κ3) is 5.33. The van der Waals surface area contributed by atoms with Crippen molar-refractivity contribution in [3.05, 3.63) is 192 Å². The smallest absolute Gasteiger partial charge is 0.0536 e. The number of nitrogens with zero attached hydrogens (tertiary/aromatic N) is 2. The molecular weight excluding hydrogens is 556 g/mol. The number of allylic oxidation sites excluding steroid dienone is 8. The largest absolute Gasteiger partial charge is 0.310 e. The molecule has 5 aromatic rings. The van der Waals surface area contributed by atoms with E-state index in [9.17, 15) is 0 Å². The molecule has 1 unspecified atom stereocenters. The Bertz CT molecular complexity index is 1990. The third-order valence-electron chi connectivity index (χ3n) is 9.22. The van der Waals surface area contributed by atoms with Crippen molar-refractivity contribution in [2.24, 2.45) is 5.92 Å². The molecule has 0 radical (unpaired) electrons. The van der Waals surface area contributed by atoms with Gasteiger partial charge in [-0.1, -0.05) is 115 Å². The normalized spacial score (nSPS) is 16.2. The van der Waals surface area contributed by atoms with Gasteiger partial charge in [-0.05, 0) is 102 Å². The summed E-state index contributed by atoms with van der Waals surface area (Å²) in [6.45, 7) is 0. The fourth-order valence-electron chi connectivity index (χ4n) is 6.95. The number of rotatable bonds is 7. The van der Waals surface area contributed by atoms with Crippen molar-refractivity contribution in [3.8, 4) is 11.1 Å². The molecule has 3 aliphatic carbocycles. The molecule has 0 aromatic heterocycles. The predicted octanol–water partition coefficient (Wildman–Crippen LogP) is 11.9. The second-order valence-corrected chi connectivity index (χ2v) is 12.1. The lowest BCUT2D eigenvalue weighted by Gasteiger charge is -2.32. The standard InChI is InChI=1S/C44H36N2/c1-3-17-37(18-4-1)45(43-23-11-15-35-13-7-9-21-41(35)43)39-29-25-33(26-30-39)34-27-31-40(32-28-34)46(38-19-5-2-6-20-38)44-24-12-16-36-14-8-10-22-42(36)44/h1-7,9-13,16-32,35H,8,14-15H2. The van der Waals surface area contributed by atoms with Gasteiger partial charge >= 0.3 is 0 Å². The Kier molecular flexibility index (Phi) is 7.54. The summed E-state index contributed by atoms with van der Waals surface area (Å²) >= 11 is 0. The van der Waals surface area contributed by atoms with Crippen LogP contribution in [0.5, 0.6) is 0 Å². The highest BCUT2D eigenvalue weighted by Crippen LogP contribution is 2.41. The summed E-state index contributed by atoms with van der Waals surface area (Å²) < 4.78 is 0. The van der Waals surface area contributed by atoms with Crippen LogP contribution >= 0.6 is 0 Å². The van der Waals surface area contributed by atoms with E-state index >= 15 is 0 Å². The summed E-state index contributed by atoms with van der Waals surface area (Å²) in [5.41, 5.74) is 13.6. The number of hydrogen-bond acceptors (Lipinski definition) is 2. The Labute approximate surface area is 272 Å². The van der Waals surface area contributed by atoms with Gasteiger partial charge in [0.15, 0.2) is 0 Å². The van der Waals surface area contributed by atoms with E-state index in [0.29, 0.717) is 5.92 Å². The highest BCUT2D eigenvalue weighted by Gasteiger charge is 2.24. The van der Waals surface area contributed by atoms with E-state index in [2.05, 4.69) is 186 Å². The van der Waals surface area contributed by atoms with Crippen LogP contribution in [0.3, 0.4) is 0 Å². The average molecular weight is 593 g/mol. The molecule has 8 rings (SSSR count). The van der Waals surface area contributed by atoms with E-state index in [4.69, 9.17) is 0 Å². The first-order valence-electron chi connectivity index (χ1n) is 16.3. The first kappa shape index (κ1) is 27.9. The molecule has 0 fully saturated rings. The maximum atomic E-state index is 2.39. The van der Waals surface area contributed by atoms with E-state index in [1.165, 1.54) is 39.2 Å². The molecule has 0 saturated heterocycles. The number of hydrogen-bond donors (Lipinski definition) is 0. The van der Waals surface area contributed by atoms with Gasteiger partial charge in [-0.25, -0.2) is 0 Å². The van der Waals surface area contributed by atoms with Gasteiger partial charge in [0.1, 0.15) is 0 Å². The zero-order chi connectivity index (χ0) is 30.7. The number of benzene rings is 5. The highest BCUT2D eigenvalue weighted by molar-refractivity contribution is 5.85. The van der Waals surface area contributed by atoms with Crippen LogP contribution < -0.4 is 9.80 Å². The number of anilines is 5.